The first-order valence-corrected chi connectivity index (χ1v) is 11.1. The molecule has 1 rings (SSSR count). The van der Waals surface area contributed by atoms with E-state index in [-0.39, 0.29) is 23.0 Å². The van der Waals surface area contributed by atoms with Crippen molar-refractivity contribution in [3.05, 3.63) is 0 Å². The lowest BCUT2D eigenvalue weighted by molar-refractivity contribution is 0.0336. The number of rotatable bonds is 3. The molecular formula is C17H32N2O3Si. The van der Waals surface area contributed by atoms with Gasteiger partial charge in [0.15, 0.2) is 8.32 Å². The first-order valence-electron chi connectivity index (χ1n) is 8.23. The number of nitriles is 1. The molecule has 0 bridgehead atoms. The van der Waals surface area contributed by atoms with Gasteiger partial charge < -0.3 is 9.53 Å². The quantitative estimate of drug-likeness (QED) is 0.770. The Hall–Kier alpha value is -1.06. The van der Waals surface area contributed by atoms with Crippen molar-refractivity contribution in [1.29, 1.82) is 5.26 Å². The van der Waals surface area contributed by atoms with Gasteiger partial charge in [-0.2, -0.15) is 5.26 Å². The zero-order valence-corrected chi connectivity index (χ0v) is 16.9. The maximum Gasteiger partial charge on any atom is 0.407 e. The maximum atomic E-state index is 11.8. The molecule has 0 aromatic rings. The van der Waals surface area contributed by atoms with Crippen molar-refractivity contribution in [3.63, 3.8) is 0 Å². The maximum absolute atomic E-state index is 11.8. The number of likely N-dealkylation sites (tertiary alicyclic amines) is 1. The molecule has 0 spiro atoms. The van der Waals surface area contributed by atoms with Crippen molar-refractivity contribution >= 4 is 14.4 Å². The van der Waals surface area contributed by atoms with Crippen LogP contribution in [0.1, 0.15) is 54.4 Å². The van der Waals surface area contributed by atoms with Crippen LogP contribution in [0.15, 0.2) is 0 Å². The lowest BCUT2D eigenvalue weighted by Crippen LogP contribution is -2.55. The highest BCUT2D eigenvalue weighted by Gasteiger charge is 2.56. The molecule has 6 heteroatoms. The third-order valence-corrected chi connectivity index (χ3v) is 10.3. The fourth-order valence-electron chi connectivity index (χ4n) is 3.14. The van der Waals surface area contributed by atoms with Gasteiger partial charge >= 0.3 is 6.09 Å². The summed E-state index contributed by atoms with van der Waals surface area (Å²) >= 11 is 0. The van der Waals surface area contributed by atoms with Crippen molar-refractivity contribution in [2.45, 2.75) is 84.2 Å². The average Bonchev–Trinajstić information content (AvgIpc) is 2.66. The molecule has 1 amide bonds. The Morgan fingerprint density at radius 3 is 2.22 bits per heavy atom. The van der Waals surface area contributed by atoms with Gasteiger partial charge in [0.1, 0.15) is 0 Å². The lowest BCUT2D eigenvalue weighted by Gasteiger charge is -2.45. The molecule has 1 aliphatic heterocycles. The molecular weight excluding hydrogens is 308 g/mol. The topological polar surface area (TPSA) is 73.6 Å². The zero-order valence-electron chi connectivity index (χ0n) is 15.9. The predicted molar refractivity (Wildman–Crippen MR) is 93.8 cm³/mol. The van der Waals surface area contributed by atoms with Gasteiger partial charge in [0.2, 0.25) is 0 Å². The van der Waals surface area contributed by atoms with Crippen molar-refractivity contribution in [1.82, 2.24) is 4.90 Å². The summed E-state index contributed by atoms with van der Waals surface area (Å²) in [5.41, 5.74) is -1.02. The smallest absolute Gasteiger partial charge is 0.407 e. The van der Waals surface area contributed by atoms with E-state index < -0.39 is 19.9 Å². The highest BCUT2D eigenvalue weighted by molar-refractivity contribution is 6.74. The number of carbonyl (C=O) groups is 1. The SMILES string of the molecule is CC(C)(C)[C@]1(CC#N)C[C@H](O[Si](C)(C)C(C)(C)C)CN1C(=O)O. The molecule has 23 heavy (non-hydrogen) atoms. The van der Waals surface area contributed by atoms with E-state index in [1.165, 1.54) is 4.90 Å². The average molecular weight is 341 g/mol. The largest absolute Gasteiger partial charge is 0.465 e. The summed E-state index contributed by atoms with van der Waals surface area (Å²) in [4.78, 5) is 13.3. The summed E-state index contributed by atoms with van der Waals surface area (Å²) in [5, 5.41) is 19.1. The van der Waals surface area contributed by atoms with Crippen LogP contribution in [-0.2, 0) is 4.43 Å². The number of carboxylic acid groups (broad SMARTS) is 1. The minimum atomic E-state index is -1.98. The van der Waals surface area contributed by atoms with E-state index in [0.29, 0.717) is 13.0 Å². The molecule has 1 aliphatic rings. The second kappa shape index (κ2) is 6.10. The van der Waals surface area contributed by atoms with E-state index in [4.69, 9.17) is 4.43 Å². The summed E-state index contributed by atoms with van der Waals surface area (Å²) < 4.78 is 6.46. The van der Waals surface area contributed by atoms with Crippen molar-refractivity contribution in [3.8, 4) is 6.07 Å². The van der Waals surface area contributed by atoms with Gasteiger partial charge in [-0.25, -0.2) is 4.79 Å². The van der Waals surface area contributed by atoms with Gasteiger partial charge in [0.05, 0.1) is 24.1 Å². The summed E-state index contributed by atoms with van der Waals surface area (Å²) in [6.45, 7) is 17.3. The third kappa shape index (κ3) is 3.72. The Labute approximate surface area is 141 Å². The van der Waals surface area contributed by atoms with E-state index >= 15 is 0 Å². The summed E-state index contributed by atoms with van der Waals surface area (Å²) in [6.07, 6.45) is -0.320. The van der Waals surface area contributed by atoms with Gasteiger partial charge in [-0.05, 0) is 30.0 Å². The monoisotopic (exact) mass is 340 g/mol. The van der Waals surface area contributed by atoms with E-state index in [2.05, 4.69) is 39.9 Å². The fraction of sp³-hybridized carbons (Fsp3) is 0.882. The molecule has 132 valence electrons. The molecule has 1 N–H and O–H groups in total. The van der Waals surface area contributed by atoms with Gasteiger partial charge in [-0.1, -0.05) is 41.5 Å². The second-order valence-electron chi connectivity index (χ2n) is 9.21. The molecule has 0 aliphatic carbocycles. The predicted octanol–water partition coefficient (Wildman–Crippen LogP) is 4.46. The molecule has 0 aromatic heterocycles. The molecule has 2 atom stereocenters. The summed E-state index contributed by atoms with van der Waals surface area (Å²) in [5.74, 6) is 0. The molecule has 1 heterocycles. The molecule has 0 saturated carbocycles. The lowest BCUT2D eigenvalue weighted by atomic mass is 9.70. The van der Waals surface area contributed by atoms with Gasteiger partial charge in [-0.3, -0.25) is 4.90 Å². The molecule has 1 saturated heterocycles. The van der Waals surface area contributed by atoms with Crippen LogP contribution in [0.3, 0.4) is 0 Å². The van der Waals surface area contributed by atoms with Crippen LogP contribution >= 0.6 is 0 Å². The van der Waals surface area contributed by atoms with Crippen molar-refractivity contribution in [2.24, 2.45) is 5.41 Å². The highest BCUT2D eigenvalue weighted by Crippen LogP contribution is 2.48. The number of amides is 1. The second-order valence-corrected chi connectivity index (χ2v) is 14.0. The molecule has 0 aromatic carbocycles. The van der Waals surface area contributed by atoms with E-state index in [1.54, 1.807) is 0 Å². The van der Waals surface area contributed by atoms with E-state index in [1.807, 2.05) is 20.8 Å². The first-order chi connectivity index (χ1) is 10.2. The summed E-state index contributed by atoms with van der Waals surface area (Å²) in [7, 11) is -1.98. The van der Waals surface area contributed by atoms with Crippen molar-refractivity contribution < 1.29 is 14.3 Å². The zero-order chi connectivity index (χ0) is 18.3. The molecule has 1 fully saturated rings. The molecule has 0 unspecified atom stereocenters. The van der Waals surface area contributed by atoms with Crippen LogP contribution < -0.4 is 0 Å². The highest BCUT2D eigenvalue weighted by atomic mass is 28.4. The van der Waals surface area contributed by atoms with E-state index in [0.717, 1.165) is 0 Å². The van der Waals surface area contributed by atoms with Crippen LogP contribution in [0, 0.1) is 16.7 Å². The fourth-order valence-corrected chi connectivity index (χ4v) is 4.48. The molecule has 5 nitrogen and oxygen atoms in total. The standard InChI is InChI=1S/C17H32N2O3Si/c1-15(2,3)17(9-10-18)11-13(12-19(17)14(20)21)22-23(7,8)16(4,5)6/h13H,9,11-12H2,1-8H3,(H,20,21)/t13-,17-/m0/s1. The first kappa shape index (κ1) is 20.0. The number of hydrogen-bond donors (Lipinski definition) is 1. The van der Waals surface area contributed by atoms with Crippen LogP contribution in [0.4, 0.5) is 4.79 Å². The minimum Gasteiger partial charge on any atom is -0.465 e. The summed E-state index contributed by atoms with van der Waals surface area (Å²) in [6, 6.07) is 2.21. The van der Waals surface area contributed by atoms with Crippen molar-refractivity contribution in [2.75, 3.05) is 6.54 Å². The van der Waals surface area contributed by atoms with E-state index in [9.17, 15) is 15.2 Å². The van der Waals surface area contributed by atoms with Crippen LogP contribution in [0.5, 0.6) is 0 Å². The Morgan fingerprint density at radius 2 is 1.87 bits per heavy atom. The Balaban J connectivity index is 3.17. The number of hydrogen-bond acceptors (Lipinski definition) is 3. The van der Waals surface area contributed by atoms with Crippen LogP contribution in [-0.4, -0.2) is 42.6 Å². The van der Waals surface area contributed by atoms with Crippen LogP contribution in [0.25, 0.3) is 0 Å². The van der Waals surface area contributed by atoms with Gasteiger partial charge in [0.25, 0.3) is 0 Å². The Bertz CT molecular complexity index is 499. The third-order valence-electron chi connectivity index (χ3n) is 5.73. The van der Waals surface area contributed by atoms with Gasteiger partial charge in [-0.15, -0.1) is 0 Å². The number of nitrogens with zero attached hydrogens (tertiary/aromatic N) is 2. The van der Waals surface area contributed by atoms with Crippen LogP contribution in [0.2, 0.25) is 18.1 Å². The minimum absolute atomic E-state index is 0.0727. The van der Waals surface area contributed by atoms with Gasteiger partial charge in [0, 0.05) is 6.54 Å². The normalized spacial score (nSPS) is 26.2. The molecule has 0 radical (unpaired) electrons. The Morgan fingerprint density at radius 1 is 1.35 bits per heavy atom. The Kier molecular flexibility index (Phi) is 5.30.